The molecule has 0 aliphatic heterocycles. The van der Waals surface area contributed by atoms with E-state index in [4.69, 9.17) is 28.4 Å². The first kappa shape index (κ1) is 42.4. The van der Waals surface area contributed by atoms with E-state index < -0.39 is 0 Å². The summed E-state index contributed by atoms with van der Waals surface area (Å²) >= 11 is 0. The van der Waals surface area contributed by atoms with Crippen molar-refractivity contribution in [3.05, 3.63) is 180 Å². The van der Waals surface area contributed by atoms with Crippen molar-refractivity contribution in [3.63, 3.8) is 0 Å². The Hall–Kier alpha value is -6.94. The number of hydrogen-bond donors (Lipinski definition) is 0. The normalized spacial score (nSPS) is 11.9. The van der Waals surface area contributed by atoms with Crippen LogP contribution in [-0.2, 0) is 18.9 Å². The van der Waals surface area contributed by atoms with E-state index in [2.05, 4.69) is 179 Å². The molecular formula is C56H52N2O6. The van der Waals surface area contributed by atoms with Crippen LogP contribution in [0.2, 0.25) is 0 Å². The predicted octanol–water partition coefficient (Wildman–Crippen LogP) is 12.3. The minimum absolute atomic E-state index is 0.374. The van der Waals surface area contributed by atoms with Crippen molar-refractivity contribution in [1.82, 2.24) is 9.13 Å². The smallest absolute Gasteiger partial charge is 0.127 e. The van der Waals surface area contributed by atoms with Gasteiger partial charge in [-0.1, -0.05) is 121 Å². The lowest BCUT2D eigenvalue weighted by Gasteiger charge is -2.16. The lowest BCUT2D eigenvalue weighted by molar-refractivity contribution is 0.0538. The molecule has 0 bridgehead atoms. The maximum atomic E-state index is 6.45. The molecule has 8 heteroatoms. The van der Waals surface area contributed by atoms with Crippen molar-refractivity contribution >= 4 is 67.9 Å². The average molecular weight is 849 g/mol. The van der Waals surface area contributed by atoms with Crippen LogP contribution in [0.5, 0.6) is 11.5 Å². The summed E-state index contributed by atoms with van der Waals surface area (Å²) in [5.41, 5.74) is 10.8. The average Bonchev–Trinajstić information content (AvgIpc) is 3.86. The summed E-state index contributed by atoms with van der Waals surface area (Å²) in [6.07, 6.45) is 8.39. The van der Waals surface area contributed by atoms with E-state index in [1.807, 2.05) is 12.1 Å². The predicted molar refractivity (Wildman–Crippen MR) is 262 cm³/mol. The molecule has 9 rings (SSSR count). The van der Waals surface area contributed by atoms with Gasteiger partial charge in [-0.2, -0.15) is 0 Å². The molecule has 0 atom stereocenters. The van der Waals surface area contributed by atoms with Gasteiger partial charge in [0.1, 0.15) is 24.7 Å². The maximum absolute atomic E-state index is 6.45. The first-order chi connectivity index (χ1) is 31.7. The van der Waals surface area contributed by atoms with Crippen LogP contribution in [0.1, 0.15) is 22.3 Å². The van der Waals surface area contributed by atoms with Crippen LogP contribution in [0.15, 0.2) is 158 Å². The van der Waals surface area contributed by atoms with Gasteiger partial charge in [-0.15, -0.1) is 0 Å². The van der Waals surface area contributed by atoms with Crippen LogP contribution in [0, 0.1) is 0 Å². The zero-order chi connectivity index (χ0) is 43.5. The molecule has 0 aliphatic rings. The zero-order valence-electron chi connectivity index (χ0n) is 36.3. The molecule has 322 valence electrons. The highest BCUT2D eigenvalue weighted by atomic mass is 16.5. The highest BCUT2D eigenvalue weighted by molar-refractivity contribution is 6.10. The van der Waals surface area contributed by atoms with Crippen LogP contribution >= 0.6 is 0 Å². The van der Waals surface area contributed by atoms with E-state index in [9.17, 15) is 0 Å². The Morgan fingerprint density at radius 2 is 0.688 bits per heavy atom. The second-order valence-corrected chi connectivity index (χ2v) is 15.4. The number of hydrogen-bond acceptors (Lipinski definition) is 6. The highest BCUT2D eigenvalue weighted by Crippen LogP contribution is 2.35. The lowest BCUT2D eigenvalue weighted by atomic mass is 10.0. The van der Waals surface area contributed by atoms with Gasteiger partial charge in [0, 0.05) is 58.3 Å². The van der Waals surface area contributed by atoms with Gasteiger partial charge in [0.05, 0.1) is 61.7 Å². The third-order valence-corrected chi connectivity index (χ3v) is 11.3. The number of fused-ring (bicyclic) bond motifs is 6. The first-order valence-electron chi connectivity index (χ1n) is 21.8. The summed E-state index contributed by atoms with van der Waals surface area (Å²) in [7, 11) is 3.34. The van der Waals surface area contributed by atoms with E-state index in [-0.39, 0.29) is 0 Å². The Kier molecular flexibility index (Phi) is 13.6. The molecule has 7 aromatic carbocycles. The monoisotopic (exact) mass is 848 g/mol. The Labute approximate surface area is 374 Å². The fourth-order valence-corrected chi connectivity index (χ4v) is 8.25. The summed E-state index contributed by atoms with van der Waals surface area (Å²) < 4.78 is 39.4. The maximum Gasteiger partial charge on any atom is 0.127 e. The zero-order valence-corrected chi connectivity index (χ0v) is 36.3. The van der Waals surface area contributed by atoms with Crippen molar-refractivity contribution in [2.75, 3.05) is 67.1 Å². The molecule has 64 heavy (non-hydrogen) atoms. The molecule has 0 unspecified atom stereocenters. The standard InChI is InChI=1S/C56H52N2O6/c1-59-31-33-61-35-37-63-55-39-44(26-20-42-23-29-46(30-24-42)58-53-17-9-5-13-49(53)50-14-6-10-18-54(50)58)56(64-38-36-62-34-32-60-2)40-43(55)25-19-41-21-27-45(28-22-41)57-51-15-7-3-11-47(51)48-12-4-8-16-52(48)57/h3-30,39-40H,31-38H2,1-2H3/b25-19+,26-20+. The summed E-state index contributed by atoms with van der Waals surface area (Å²) in [6.45, 7) is 3.66. The third kappa shape index (κ3) is 9.37. The van der Waals surface area contributed by atoms with Gasteiger partial charge in [-0.05, 0) is 71.8 Å². The van der Waals surface area contributed by atoms with Crippen molar-refractivity contribution < 1.29 is 28.4 Å². The van der Waals surface area contributed by atoms with Crippen molar-refractivity contribution in [3.8, 4) is 22.9 Å². The molecule has 0 radical (unpaired) electrons. The number of methoxy groups -OCH3 is 2. The second-order valence-electron chi connectivity index (χ2n) is 15.4. The molecule has 0 saturated carbocycles. The molecule has 0 spiro atoms. The minimum Gasteiger partial charge on any atom is -0.491 e. The van der Waals surface area contributed by atoms with Crippen LogP contribution in [0.25, 0.3) is 79.3 Å². The van der Waals surface area contributed by atoms with E-state index in [0.29, 0.717) is 52.9 Å². The largest absolute Gasteiger partial charge is 0.491 e. The summed E-state index contributed by atoms with van der Waals surface area (Å²) in [5, 5.41) is 4.96. The molecule has 0 aliphatic carbocycles. The topological polar surface area (TPSA) is 65.2 Å². The number of para-hydroxylation sites is 4. The number of ether oxygens (including phenoxy) is 6. The Morgan fingerprint density at radius 1 is 0.359 bits per heavy atom. The molecule has 2 heterocycles. The fraction of sp³-hybridized carbons (Fsp3) is 0.179. The molecule has 0 saturated heterocycles. The van der Waals surface area contributed by atoms with Gasteiger partial charge in [0.25, 0.3) is 0 Å². The van der Waals surface area contributed by atoms with E-state index >= 15 is 0 Å². The Bertz CT molecular complexity index is 2720. The molecule has 0 amide bonds. The van der Waals surface area contributed by atoms with Gasteiger partial charge in [0.2, 0.25) is 0 Å². The molecule has 2 aromatic heterocycles. The third-order valence-electron chi connectivity index (χ3n) is 11.3. The van der Waals surface area contributed by atoms with E-state index in [0.717, 1.165) is 45.1 Å². The molecule has 0 N–H and O–H groups in total. The number of aromatic nitrogens is 2. The van der Waals surface area contributed by atoms with Gasteiger partial charge in [0.15, 0.2) is 0 Å². The fourth-order valence-electron chi connectivity index (χ4n) is 8.25. The van der Waals surface area contributed by atoms with Crippen LogP contribution in [-0.4, -0.2) is 76.2 Å². The second kappa shape index (κ2) is 20.5. The van der Waals surface area contributed by atoms with Gasteiger partial charge in [-0.25, -0.2) is 0 Å². The van der Waals surface area contributed by atoms with Crippen LogP contribution in [0.4, 0.5) is 0 Å². The number of benzene rings is 7. The van der Waals surface area contributed by atoms with E-state index in [1.54, 1.807) is 14.2 Å². The summed E-state index contributed by atoms with van der Waals surface area (Å²) in [6, 6.07) is 55.7. The Morgan fingerprint density at radius 3 is 1.03 bits per heavy atom. The van der Waals surface area contributed by atoms with Gasteiger partial charge < -0.3 is 37.6 Å². The van der Waals surface area contributed by atoms with Crippen LogP contribution < -0.4 is 9.47 Å². The molecule has 9 aromatic rings. The quantitative estimate of drug-likeness (QED) is 0.0562. The Balaban J connectivity index is 1.01. The van der Waals surface area contributed by atoms with E-state index in [1.165, 1.54) is 43.6 Å². The number of nitrogens with zero attached hydrogens (tertiary/aromatic N) is 2. The highest BCUT2D eigenvalue weighted by Gasteiger charge is 2.14. The van der Waals surface area contributed by atoms with Crippen LogP contribution in [0.3, 0.4) is 0 Å². The first-order valence-corrected chi connectivity index (χ1v) is 21.8. The summed E-state index contributed by atoms with van der Waals surface area (Å²) in [5.74, 6) is 1.44. The molecule has 8 nitrogen and oxygen atoms in total. The number of rotatable bonds is 20. The summed E-state index contributed by atoms with van der Waals surface area (Å²) in [4.78, 5) is 0. The molecule has 0 fully saturated rings. The minimum atomic E-state index is 0.374. The van der Waals surface area contributed by atoms with Crippen molar-refractivity contribution in [1.29, 1.82) is 0 Å². The SMILES string of the molecule is COCCOCCOc1cc(/C=C/c2ccc(-n3c4ccccc4c4ccccc43)cc2)c(OCCOCCOC)cc1/C=C/c1ccc(-n2c3ccccc3c3ccccc32)cc1. The van der Waals surface area contributed by atoms with Crippen molar-refractivity contribution in [2.24, 2.45) is 0 Å². The lowest BCUT2D eigenvalue weighted by Crippen LogP contribution is -2.12. The molecular weight excluding hydrogens is 797 g/mol. The van der Waals surface area contributed by atoms with Gasteiger partial charge >= 0.3 is 0 Å². The van der Waals surface area contributed by atoms with Crippen molar-refractivity contribution in [2.45, 2.75) is 0 Å². The van der Waals surface area contributed by atoms with Gasteiger partial charge in [-0.3, -0.25) is 0 Å².